The van der Waals surface area contributed by atoms with Crippen molar-refractivity contribution < 1.29 is 4.79 Å². The van der Waals surface area contributed by atoms with Crippen molar-refractivity contribution in [3.05, 3.63) is 65.7 Å². The number of aromatic nitrogens is 3. The molecule has 0 radical (unpaired) electrons. The van der Waals surface area contributed by atoms with Crippen LogP contribution in [0.5, 0.6) is 0 Å². The van der Waals surface area contributed by atoms with Crippen molar-refractivity contribution in [1.29, 1.82) is 0 Å². The van der Waals surface area contributed by atoms with E-state index in [1.165, 1.54) is 6.42 Å². The van der Waals surface area contributed by atoms with Crippen molar-refractivity contribution >= 4 is 17.5 Å². The number of amides is 1. The highest BCUT2D eigenvalue weighted by Crippen LogP contribution is 2.36. The topological polar surface area (TPSA) is 59.0 Å². The van der Waals surface area contributed by atoms with Gasteiger partial charge in [-0.05, 0) is 67.6 Å². The molecule has 0 N–H and O–H groups in total. The molecule has 158 valence electrons. The smallest absolute Gasteiger partial charge is 0.225 e. The van der Waals surface area contributed by atoms with E-state index in [0.29, 0.717) is 22.7 Å². The van der Waals surface area contributed by atoms with Gasteiger partial charge in [-0.1, -0.05) is 18.0 Å². The third-order valence-corrected chi connectivity index (χ3v) is 6.81. The zero-order valence-corrected chi connectivity index (χ0v) is 18.1. The number of pyridine rings is 1. The Kier molecular flexibility index (Phi) is 5.68. The van der Waals surface area contributed by atoms with E-state index in [4.69, 9.17) is 16.6 Å². The van der Waals surface area contributed by atoms with Crippen LogP contribution in [-0.2, 0) is 4.79 Å². The minimum absolute atomic E-state index is 0.263. The third kappa shape index (κ3) is 4.19. The van der Waals surface area contributed by atoms with Crippen molar-refractivity contribution in [3.8, 4) is 22.5 Å². The van der Waals surface area contributed by atoms with Gasteiger partial charge in [0.1, 0.15) is 0 Å². The number of hydrogen-bond donors (Lipinski definition) is 0. The van der Waals surface area contributed by atoms with Crippen LogP contribution >= 0.6 is 11.6 Å². The largest absolute Gasteiger partial charge is 0.342 e. The Balaban J connectivity index is 1.44. The molecule has 2 fully saturated rings. The summed E-state index contributed by atoms with van der Waals surface area (Å²) < 4.78 is 0. The van der Waals surface area contributed by atoms with Crippen LogP contribution in [0, 0.1) is 5.92 Å². The average molecular weight is 433 g/mol. The van der Waals surface area contributed by atoms with E-state index in [1.54, 1.807) is 12.4 Å². The van der Waals surface area contributed by atoms with E-state index in [1.807, 2.05) is 42.6 Å². The van der Waals surface area contributed by atoms with Crippen molar-refractivity contribution in [1.82, 2.24) is 19.9 Å². The van der Waals surface area contributed by atoms with Gasteiger partial charge in [0.05, 0.1) is 5.69 Å². The summed E-state index contributed by atoms with van der Waals surface area (Å²) >= 11 is 6.05. The minimum Gasteiger partial charge on any atom is -0.342 e. The second-order valence-corrected chi connectivity index (χ2v) is 8.90. The van der Waals surface area contributed by atoms with Crippen LogP contribution in [0.3, 0.4) is 0 Å². The van der Waals surface area contributed by atoms with Crippen molar-refractivity contribution in [2.24, 2.45) is 5.92 Å². The zero-order valence-electron chi connectivity index (χ0n) is 17.4. The lowest BCUT2D eigenvalue weighted by atomic mass is 9.83. The summed E-state index contributed by atoms with van der Waals surface area (Å²) in [5.74, 6) is 1.61. The highest BCUT2D eigenvalue weighted by atomic mass is 35.5. The molecule has 1 amide bonds. The number of rotatable bonds is 4. The molecule has 1 saturated carbocycles. The van der Waals surface area contributed by atoms with Gasteiger partial charge in [0.15, 0.2) is 5.82 Å². The van der Waals surface area contributed by atoms with Crippen LogP contribution < -0.4 is 0 Å². The second kappa shape index (κ2) is 8.75. The van der Waals surface area contributed by atoms with Crippen LogP contribution in [0.15, 0.2) is 55.0 Å². The fourth-order valence-corrected chi connectivity index (χ4v) is 4.61. The van der Waals surface area contributed by atoms with E-state index >= 15 is 0 Å². The number of carbonyl (C=O) groups is 1. The van der Waals surface area contributed by atoms with Gasteiger partial charge in [-0.15, -0.1) is 0 Å². The van der Waals surface area contributed by atoms with Gasteiger partial charge in [-0.3, -0.25) is 9.78 Å². The van der Waals surface area contributed by atoms with Crippen LogP contribution in [0.2, 0.25) is 5.02 Å². The molecule has 0 spiro atoms. The van der Waals surface area contributed by atoms with Gasteiger partial charge in [-0.25, -0.2) is 9.97 Å². The van der Waals surface area contributed by atoms with Crippen LogP contribution in [0.4, 0.5) is 0 Å². The van der Waals surface area contributed by atoms with E-state index < -0.39 is 0 Å². The molecule has 6 heteroatoms. The number of halogens is 1. The number of likely N-dealkylation sites (tertiary alicyclic amines) is 1. The maximum absolute atomic E-state index is 12.7. The van der Waals surface area contributed by atoms with Gasteiger partial charge < -0.3 is 4.90 Å². The quantitative estimate of drug-likeness (QED) is 0.556. The first-order chi connectivity index (χ1) is 15.2. The first kappa shape index (κ1) is 20.1. The monoisotopic (exact) mass is 432 g/mol. The molecule has 0 atom stereocenters. The van der Waals surface area contributed by atoms with Gasteiger partial charge in [0.25, 0.3) is 0 Å². The fourth-order valence-electron chi connectivity index (χ4n) is 4.48. The van der Waals surface area contributed by atoms with Crippen LogP contribution in [-0.4, -0.2) is 38.8 Å². The fraction of sp³-hybridized carbons (Fsp3) is 0.360. The lowest BCUT2D eigenvalue weighted by Gasteiger charge is -2.36. The molecule has 1 aromatic carbocycles. The molecule has 1 aliphatic carbocycles. The summed E-state index contributed by atoms with van der Waals surface area (Å²) in [4.78, 5) is 28.6. The van der Waals surface area contributed by atoms with Gasteiger partial charge in [0, 0.05) is 59.7 Å². The number of benzene rings is 1. The molecule has 5 rings (SSSR count). The lowest BCUT2D eigenvalue weighted by molar-refractivity contribution is -0.139. The third-order valence-electron chi connectivity index (χ3n) is 6.56. The molecule has 31 heavy (non-hydrogen) atoms. The summed E-state index contributed by atoms with van der Waals surface area (Å²) in [6, 6.07) is 11.6. The highest BCUT2D eigenvalue weighted by molar-refractivity contribution is 6.30. The normalized spacial score (nSPS) is 17.4. The van der Waals surface area contributed by atoms with Crippen molar-refractivity contribution in [3.63, 3.8) is 0 Å². The maximum Gasteiger partial charge on any atom is 0.225 e. The van der Waals surface area contributed by atoms with E-state index in [9.17, 15) is 4.79 Å². The Bertz CT molecular complexity index is 1060. The molecule has 2 aromatic heterocycles. The Morgan fingerprint density at radius 3 is 2.29 bits per heavy atom. The van der Waals surface area contributed by atoms with E-state index in [2.05, 4.69) is 14.9 Å². The van der Waals surface area contributed by atoms with Crippen LogP contribution in [0.1, 0.15) is 43.7 Å². The number of piperidine rings is 1. The molecular weight excluding hydrogens is 408 g/mol. The lowest BCUT2D eigenvalue weighted by Crippen LogP contribution is -2.43. The molecule has 3 heterocycles. The predicted molar refractivity (Wildman–Crippen MR) is 122 cm³/mol. The summed E-state index contributed by atoms with van der Waals surface area (Å²) in [7, 11) is 0. The SMILES string of the molecule is O=C(C1CCC1)N1CCC(c2nc(-c3ccc(Cl)cc3)ncc2-c2ccncc2)CC1. The molecule has 0 unspecified atom stereocenters. The Labute approximate surface area is 187 Å². The van der Waals surface area contributed by atoms with Crippen LogP contribution in [0.25, 0.3) is 22.5 Å². The van der Waals surface area contributed by atoms with Gasteiger partial charge >= 0.3 is 0 Å². The van der Waals surface area contributed by atoms with Crippen molar-refractivity contribution in [2.45, 2.75) is 38.0 Å². The van der Waals surface area contributed by atoms with Crippen molar-refractivity contribution in [2.75, 3.05) is 13.1 Å². The van der Waals surface area contributed by atoms with E-state index in [-0.39, 0.29) is 5.92 Å². The summed E-state index contributed by atoms with van der Waals surface area (Å²) in [5, 5.41) is 0.695. The second-order valence-electron chi connectivity index (χ2n) is 8.46. The first-order valence-corrected chi connectivity index (χ1v) is 11.4. The Morgan fingerprint density at radius 2 is 1.65 bits per heavy atom. The highest BCUT2D eigenvalue weighted by Gasteiger charge is 2.33. The predicted octanol–water partition coefficient (Wildman–Crippen LogP) is 5.37. The number of carbonyl (C=O) groups excluding carboxylic acids is 1. The Hall–Kier alpha value is -2.79. The summed E-state index contributed by atoms with van der Waals surface area (Å²) in [5.41, 5.74) is 4.12. The molecule has 2 aliphatic rings. The molecule has 3 aromatic rings. The molecule has 1 aliphatic heterocycles. The van der Waals surface area contributed by atoms with E-state index in [0.717, 1.165) is 61.2 Å². The summed E-state index contributed by atoms with van der Waals surface area (Å²) in [6.07, 6.45) is 10.7. The molecule has 0 bridgehead atoms. The number of nitrogens with zero attached hydrogens (tertiary/aromatic N) is 4. The molecule has 1 saturated heterocycles. The molecular formula is C25H25ClN4O. The first-order valence-electron chi connectivity index (χ1n) is 11.0. The average Bonchev–Trinajstić information content (AvgIpc) is 2.79. The molecule has 5 nitrogen and oxygen atoms in total. The standard InChI is InChI=1S/C25H25ClN4O/c26-21-6-4-19(5-7-21)24-28-16-22(17-8-12-27-13-9-17)23(29-24)18-10-14-30(15-11-18)25(31)20-2-1-3-20/h4-9,12-13,16,18,20H,1-3,10-11,14-15H2. The Morgan fingerprint density at radius 1 is 0.935 bits per heavy atom. The maximum atomic E-state index is 12.7. The number of hydrogen-bond acceptors (Lipinski definition) is 4. The summed E-state index contributed by atoms with van der Waals surface area (Å²) in [6.45, 7) is 1.60. The van der Waals surface area contributed by atoms with Gasteiger partial charge in [0.2, 0.25) is 5.91 Å². The zero-order chi connectivity index (χ0) is 21.2. The van der Waals surface area contributed by atoms with Gasteiger partial charge in [-0.2, -0.15) is 0 Å². The minimum atomic E-state index is 0.263.